The number of hydrogen-bond acceptors (Lipinski definition) is 10. The summed E-state index contributed by atoms with van der Waals surface area (Å²) in [6.07, 6.45) is 2.86. The summed E-state index contributed by atoms with van der Waals surface area (Å²) in [4.78, 5) is 44.0. The molecule has 3 aromatic rings. The number of carbonyl (C=O) groups is 2. The van der Waals surface area contributed by atoms with Gasteiger partial charge in [0.05, 0.1) is 24.9 Å². The highest BCUT2D eigenvalue weighted by Crippen LogP contribution is 2.39. The van der Waals surface area contributed by atoms with Gasteiger partial charge in [-0.15, -0.1) is 0 Å². The fraction of sp³-hybridized carbons (Fsp3) is 0.536. The fourth-order valence-corrected chi connectivity index (χ4v) is 7.14. The van der Waals surface area contributed by atoms with Gasteiger partial charge < -0.3 is 35.1 Å². The lowest BCUT2D eigenvalue weighted by Crippen LogP contribution is -2.48. The average molecular weight is 597 g/mol. The fourth-order valence-electron chi connectivity index (χ4n) is 7.14. The number of benzene rings is 1. The van der Waals surface area contributed by atoms with Crippen LogP contribution in [-0.4, -0.2) is 93.0 Å². The smallest absolute Gasteiger partial charge is 0.416 e. The molecule has 1 unspecified atom stereocenters. The molecule has 6 heterocycles. The standard InChI is InChI=1S/C28H30F2N8O5/c29-19-14-7-13(8-15(14)20(30)23-22(19)35-24(36-23)21-16(39)1-4-31-21)10-37-5-2-28(3-6-37)12-38(27(41)43-28)17-9-32-26-25(33-17)34-18(40)11-42-26/h9,13,16,21,31,39H,1-8,10-12H2,(H,35,36)(H,33,34,40)/t16-,21-/m0/s1. The molecule has 3 atom stereocenters. The van der Waals surface area contributed by atoms with Gasteiger partial charge in [-0.25, -0.2) is 28.5 Å². The van der Waals surface area contributed by atoms with Crippen molar-refractivity contribution in [2.45, 2.75) is 49.9 Å². The Morgan fingerprint density at radius 3 is 2.67 bits per heavy atom. The lowest BCUT2D eigenvalue weighted by atomic mass is 9.90. The van der Waals surface area contributed by atoms with Crippen LogP contribution >= 0.6 is 0 Å². The molecule has 3 fully saturated rings. The number of anilines is 2. The van der Waals surface area contributed by atoms with Gasteiger partial charge in [-0.1, -0.05) is 0 Å². The number of hydrogen-bond donors (Lipinski definition) is 4. The first-order chi connectivity index (χ1) is 20.8. The number of aliphatic hydroxyl groups is 1. The third-order valence-corrected chi connectivity index (χ3v) is 9.37. The maximum atomic E-state index is 15.6. The van der Waals surface area contributed by atoms with E-state index >= 15 is 8.78 Å². The van der Waals surface area contributed by atoms with Crippen molar-refractivity contribution in [3.05, 3.63) is 34.8 Å². The summed E-state index contributed by atoms with van der Waals surface area (Å²) < 4.78 is 42.3. The van der Waals surface area contributed by atoms with Gasteiger partial charge in [0, 0.05) is 32.5 Å². The van der Waals surface area contributed by atoms with Crippen LogP contribution in [0.3, 0.4) is 0 Å². The minimum Gasteiger partial charge on any atom is -0.465 e. The first-order valence-corrected chi connectivity index (χ1v) is 14.6. The van der Waals surface area contributed by atoms with Crippen LogP contribution in [0.2, 0.25) is 0 Å². The number of piperidine rings is 1. The Morgan fingerprint density at radius 1 is 1.12 bits per heavy atom. The SMILES string of the molecule is O=C1COc2ncc(N3CC4(CCN(CC5Cc6c(c(F)c7[nH]c([C@H]8NCC[C@@H]8O)nc7c6F)C5)CC4)OC3=O)nc2N1. The van der Waals surface area contributed by atoms with Gasteiger partial charge in [-0.2, -0.15) is 0 Å². The van der Waals surface area contributed by atoms with E-state index in [4.69, 9.17) is 9.47 Å². The van der Waals surface area contributed by atoms with Crippen LogP contribution in [0.4, 0.5) is 25.2 Å². The van der Waals surface area contributed by atoms with Gasteiger partial charge in [0.25, 0.3) is 11.8 Å². The largest absolute Gasteiger partial charge is 0.465 e. The third-order valence-electron chi connectivity index (χ3n) is 9.37. The second-order valence-electron chi connectivity index (χ2n) is 12.1. The van der Waals surface area contributed by atoms with E-state index in [2.05, 4.69) is 35.5 Å². The number of carbonyl (C=O) groups excluding carboxylic acids is 2. The zero-order chi connectivity index (χ0) is 29.5. The number of aliphatic hydroxyl groups excluding tert-OH is 1. The molecule has 0 saturated carbocycles. The van der Waals surface area contributed by atoms with E-state index in [1.54, 1.807) is 0 Å². The minimum absolute atomic E-state index is 0.0150. The molecule has 4 N–H and O–H groups in total. The summed E-state index contributed by atoms with van der Waals surface area (Å²) in [5.41, 5.74) is 0.144. The first-order valence-electron chi connectivity index (χ1n) is 14.6. The zero-order valence-electron chi connectivity index (χ0n) is 23.2. The molecule has 0 bridgehead atoms. The molecule has 1 aromatic carbocycles. The van der Waals surface area contributed by atoms with Gasteiger partial charge in [0.2, 0.25) is 0 Å². The number of halogens is 2. The molecule has 1 aliphatic carbocycles. The number of H-pyrrole nitrogens is 1. The molecule has 226 valence electrons. The number of nitrogens with one attached hydrogen (secondary N) is 3. The Bertz CT molecular complexity index is 1610. The van der Waals surface area contributed by atoms with Crippen molar-refractivity contribution in [2.24, 2.45) is 5.92 Å². The van der Waals surface area contributed by atoms with Gasteiger partial charge in [-0.05, 0) is 42.9 Å². The lowest BCUT2D eigenvalue weighted by molar-refractivity contribution is -0.118. The Balaban J connectivity index is 0.919. The van der Waals surface area contributed by atoms with E-state index in [1.807, 2.05) is 0 Å². The number of likely N-dealkylation sites (tertiary alicyclic amines) is 1. The number of aromatic amines is 1. The Labute approximate surface area is 244 Å². The van der Waals surface area contributed by atoms with Crippen LogP contribution in [0.1, 0.15) is 42.3 Å². The second kappa shape index (κ2) is 9.79. The van der Waals surface area contributed by atoms with Gasteiger partial charge in [0.1, 0.15) is 22.5 Å². The van der Waals surface area contributed by atoms with E-state index < -0.39 is 35.5 Å². The molecule has 5 aliphatic rings. The number of aromatic nitrogens is 4. The molecule has 43 heavy (non-hydrogen) atoms. The van der Waals surface area contributed by atoms with Gasteiger partial charge in [-0.3, -0.25) is 9.69 Å². The average Bonchev–Trinajstić information content (AvgIpc) is 3.78. The molecular weight excluding hydrogens is 566 g/mol. The van der Waals surface area contributed by atoms with Crippen molar-refractivity contribution in [3.8, 4) is 5.88 Å². The number of nitrogens with zero attached hydrogens (tertiary/aromatic N) is 5. The van der Waals surface area contributed by atoms with Crippen LogP contribution in [0.25, 0.3) is 11.0 Å². The number of ether oxygens (including phenoxy) is 2. The second-order valence-corrected chi connectivity index (χ2v) is 12.1. The van der Waals surface area contributed by atoms with Crippen molar-refractivity contribution >= 4 is 34.7 Å². The van der Waals surface area contributed by atoms with Crippen molar-refractivity contribution in [1.82, 2.24) is 30.2 Å². The van der Waals surface area contributed by atoms with E-state index in [0.717, 1.165) is 0 Å². The zero-order valence-corrected chi connectivity index (χ0v) is 23.2. The van der Waals surface area contributed by atoms with Crippen molar-refractivity contribution in [3.63, 3.8) is 0 Å². The predicted molar refractivity (Wildman–Crippen MR) is 147 cm³/mol. The van der Waals surface area contributed by atoms with Crippen LogP contribution in [0.5, 0.6) is 5.88 Å². The monoisotopic (exact) mass is 596 g/mol. The van der Waals surface area contributed by atoms with Crippen LogP contribution in [-0.2, 0) is 22.4 Å². The van der Waals surface area contributed by atoms with E-state index in [-0.39, 0.29) is 47.0 Å². The van der Waals surface area contributed by atoms with Crippen LogP contribution in [0.15, 0.2) is 6.20 Å². The Morgan fingerprint density at radius 2 is 1.91 bits per heavy atom. The number of fused-ring (bicyclic) bond motifs is 3. The van der Waals surface area contributed by atoms with E-state index in [9.17, 15) is 14.7 Å². The normalized spacial score (nSPS) is 25.2. The summed E-state index contributed by atoms with van der Waals surface area (Å²) in [6, 6.07) is -0.467. The molecule has 3 saturated heterocycles. The lowest BCUT2D eigenvalue weighted by Gasteiger charge is -2.38. The molecule has 2 aromatic heterocycles. The summed E-state index contributed by atoms with van der Waals surface area (Å²) in [5.74, 6) is -0.260. The molecule has 0 radical (unpaired) electrons. The summed E-state index contributed by atoms with van der Waals surface area (Å²) >= 11 is 0. The Kier molecular flexibility index (Phi) is 6.07. The van der Waals surface area contributed by atoms with E-state index in [0.29, 0.717) is 81.8 Å². The summed E-state index contributed by atoms with van der Waals surface area (Å²) in [7, 11) is 0. The highest BCUT2D eigenvalue weighted by atomic mass is 19.1. The quantitative estimate of drug-likeness (QED) is 0.348. The number of rotatable bonds is 4. The van der Waals surface area contributed by atoms with Crippen LogP contribution in [0, 0.1) is 17.6 Å². The molecule has 1 spiro atoms. The van der Waals surface area contributed by atoms with Crippen molar-refractivity contribution < 1.29 is 33.0 Å². The van der Waals surface area contributed by atoms with Gasteiger partial charge in [0.15, 0.2) is 29.9 Å². The summed E-state index contributed by atoms with van der Waals surface area (Å²) in [5, 5.41) is 15.9. The molecular formula is C28H30F2N8O5. The maximum absolute atomic E-state index is 15.6. The minimum atomic E-state index is -0.675. The number of amides is 2. The summed E-state index contributed by atoms with van der Waals surface area (Å²) in [6.45, 7) is 2.79. The topological polar surface area (TPSA) is 158 Å². The first kappa shape index (κ1) is 26.7. The molecule has 2 amide bonds. The third kappa shape index (κ3) is 4.40. The Hall–Kier alpha value is -3.95. The van der Waals surface area contributed by atoms with Crippen LogP contribution < -0.4 is 20.3 Å². The van der Waals surface area contributed by atoms with Gasteiger partial charge >= 0.3 is 6.09 Å². The molecule has 8 rings (SSSR count). The molecule has 13 nitrogen and oxygen atoms in total. The highest BCUT2D eigenvalue weighted by molar-refractivity contribution is 5.95. The van der Waals surface area contributed by atoms with Crippen molar-refractivity contribution in [1.29, 1.82) is 0 Å². The van der Waals surface area contributed by atoms with E-state index in [1.165, 1.54) is 11.1 Å². The molecule has 15 heteroatoms. The van der Waals surface area contributed by atoms with Crippen molar-refractivity contribution in [2.75, 3.05) is 49.5 Å². The highest BCUT2D eigenvalue weighted by Gasteiger charge is 2.48. The maximum Gasteiger partial charge on any atom is 0.416 e. The molecule has 4 aliphatic heterocycles. The predicted octanol–water partition coefficient (Wildman–Crippen LogP) is 1.56. The number of imidazole rings is 1.